The van der Waals surface area contributed by atoms with E-state index in [1.54, 1.807) is 13.3 Å². The van der Waals surface area contributed by atoms with Crippen LogP contribution in [0.2, 0.25) is 0 Å². The van der Waals surface area contributed by atoms with E-state index in [0.29, 0.717) is 11.9 Å². The highest BCUT2D eigenvalue weighted by molar-refractivity contribution is 5.46. The number of aromatic nitrogens is 1. The first-order valence-electron chi connectivity index (χ1n) is 6.34. The van der Waals surface area contributed by atoms with Gasteiger partial charge in [-0.2, -0.15) is 0 Å². The molecule has 4 heteroatoms. The third-order valence-corrected chi connectivity index (χ3v) is 3.95. The van der Waals surface area contributed by atoms with Gasteiger partial charge in [-0.1, -0.05) is 0 Å². The van der Waals surface area contributed by atoms with Gasteiger partial charge in [0.1, 0.15) is 0 Å². The van der Waals surface area contributed by atoms with Gasteiger partial charge < -0.3 is 15.0 Å². The molecule has 4 nitrogen and oxygen atoms in total. The summed E-state index contributed by atoms with van der Waals surface area (Å²) in [6, 6.07) is 4.57. The Balaban J connectivity index is 1.70. The van der Waals surface area contributed by atoms with Gasteiger partial charge in [0.2, 0.25) is 5.88 Å². The molecule has 4 heterocycles. The molecule has 0 amide bonds. The molecule has 92 valence electrons. The van der Waals surface area contributed by atoms with E-state index in [2.05, 4.69) is 15.2 Å². The van der Waals surface area contributed by atoms with E-state index in [9.17, 15) is 0 Å². The molecule has 3 aliphatic heterocycles. The van der Waals surface area contributed by atoms with Gasteiger partial charge in [0.25, 0.3) is 0 Å². The second-order valence-corrected chi connectivity index (χ2v) is 4.98. The van der Waals surface area contributed by atoms with E-state index in [0.717, 1.165) is 11.6 Å². The third kappa shape index (κ3) is 2.22. The lowest BCUT2D eigenvalue weighted by Crippen LogP contribution is -2.53. The Morgan fingerprint density at radius 2 is 2.24 bits per heavy atom. The van der Waals surface area contributed by atoms with Crippen LogP contribution in [0.5, 0.6) is 5.88 Å². The number of hydrogen-bond acceptors (Lipinski definition) is 4. The van der Waals surface area contributed by atoms with Crippen molar-refractivity contribution in [2.24, 2.45) is 5.92 Å². The van der Waals surface area contributed by atoms with Crippen LogP contribution >= 0.6 is 0 Å². The van der Waals surface area contributed by atoms with Crippen LogP contribution in [0.25, 0.3) is 0 Å². The van der Waals surface area contributed by atoms with E-state index >= 15 is 0 Å². The molecule has 0 aliphatic carbocycles. The average molecular weight is 233 g/mol. The SMILES string of the molecule is COc1cc(NC2CN3CCC2CC3)ccn1. The number of pyridine rings is 1. The summed E-state index contributed by atoms with van der Waals surface area (Å²) in [6.07, 6.45) is 4.46. The summed E-state index contributed by atoms with van der Waals surface area (Å²) in [5.74, 6) is 1.51. The molecule has 4 rings (SSSR count). The molecule has 1 unspecified atom stereocenters. The second kappa shape index (κ2) is 4.53. The summed E-state index contributed by atoms with van der Waals surface area (Å²) in [5, 5.41) is 3.63. The molecule has 0 radical (unpaired) electrons. The van der Waals surface area contributed by atoms with E-state index in [1.165, 1.54) is 32.5 Å². The lowest BCUT2D eigenvalue weighted by atomic mass is 9.84. The summed E-state index contributed by atoms with van der Waals surface area (Å²) in [7, 11) is 1.65. The molecular formula is C13H19N3O. The van der Waals surface area contributed by atoms with E-state index in [-0.39, 0.29) is 0 Å². The highest BCUT2D eigenvalue weighted by Crippen LogP contribution is 2.30. The van der Waals surface area contributed by atoms with E-state index in [4.69, 9.17) is 4.74 Å². The fraction of sp³-hybridized carbons (Fsp3) is 0.615. The van der Waals surface area contributed by atoms with Crippen molar-refractivity contribution in [2.45, 2.75) is 18.9 Å². The van der Waals surface area contributed by atoms with Gasteiger partial charge in [-0.25, -0.2) is 4.98 Å². The van der Waals surface area contributed by atoms with Crippen LogP contribution in [0.1, 0.15) is 12.8 Å². The smallest absolute Gasteiger partial charge is 0.214 e. The molecule has 1 aromatic heterocycles. The van der Waals surface area contributed by atoms with Crippen molar-refractivity contribution in [1.82, 2.24) is 9.88 Å². The zero-order valence-electron chi connectivity index (χ0n) is 10.2. The summed E-state index contributed by atoms with van der Waals surface area (Å²) in [4.78, 5) is 6.68. The lowest BCUT2D eigenvalue weighted by molar-refractivity contribution is 0.0975. The van der Waals surface area contributed by atoms with Crippen molar-refractivity contribution >= 4 is 5.69 Å². The summed E-state index contributed by atoms with van der Waals surface area (Å²) in [5.41, 5.74) is 1.12. The third-order valence-electron chi connectivity index (χ3n) is 3.95. The molecule has 3 saturated heterocycles. The number of nitrogens with zero attached hydrogens (tertiary/aromatic N) is 2. The first-order valence-corrected chi connectivity index (χ1v) is 6.34. The van der Waals surface area contributed by atoms with Crippen LogP contribution in [-0.4, -0.2) is 42.7 Å². The normalized spacial score (nSPS) is 31.2. The van der Waals surface area contributed by atoms with Gasteiger partial charge in [0.05, 0.1) is 7.11 Å². The predicted octanol–water partition coefficient (Wildman–Crippen LogP) is 1.60. The van der Waals surface area contributed by atoms with E-state index in [1.807, 2.05) is 12.1 Å². The number of piperidine rings is 3. The van der Waals surface area contributed by atoms with Crippen LogP contribution in [0.4, 0.5) is 5.69 Å². The Hall–Kier alpha value is -1.29. The summed E-state index contributed by atoms with van der Waals surface area (Å²) >= 11 is 0. The highest BCUT2D eigenvalue weighted by Gasteiger charge is 2.33. The minimum Gasteiger partial charge on any atom is -0.481 e. The Kier molecular flexibility index (Phi) is 2.89. The number of anilines is 1. The largest absolute Gasteiger partial charge is 0.481 e. The highest BCUT2D eigenvalue weighted by atomic mass is 16.5. The number of rotatable bonds is 3. The van der Waals surface area contributed by atoms with Gasteiger partial charge in [-0.15, -0.1) is 0 Å². The maximum atomic E-state index is 5.14. The van der Waals surface area contributed by atoms with Crippen LogP contribution in [-0.2, 0) is 0 Å². The minimum absolute atomic E-state index is 0.588. The molecule has 1 aromatic rings. The molecule has 2 bridgehead atoms. The molecule has 0 aromatic carbocycles. The average Bonchev–Trinajstić information content (AvgIpc) is 2.40. The van der Waals surface area contributed by atoms with Gasteiger partial charge in [0, 0.05) is 30.5 Å². The van der Waals surface area contributed by atoms with Gasteiger partial charge in [-0.05, 0) is 37.9 Å². The molecule has 0 saturated carbocycles. The van der Waals surface area contributed by atoms with Crippen molar-refractivity contribution in [1.29, 1.82) is 0 Å². The molecule has 17 heavy (non-hydrogen) atoms. The zero-order valence-corrected chi connectivity index (χ0v) is 10.2. The molecule has 0 spiro atoms. The number of hydrogen-bond donors (Lipinski definition) is 1. The topological polar surface area (TPSA) is 37.4 Å². The molecule has 1 N–H and O–H groups in total. The van der Waals surface area contributed by atoms with Crippen LogP contribution in [0, 0.1) is 5.92 Å². The van der Waals surface area contributed by atoms with Crippen molar-refractivity contribution in [3.8, 4) is 5.88 Å². The Morgan fingerprint density at radius 3 is 2.88 bits per heavy atom. The first kappa shape index (κ1) is 10.8. The van der Waals surface area contributed by atoms with Gasteiger partial charge in [-0.3, -0.25) is 0 Å². The monoisotopic (exact) mass is 233 g/mol. The number of methoxy groups -OCH3 is 1. The zero-order chi connectivity index (χ0) is 11.7. The summed E-state index contributed by atoms with van der Waals surface area (Å²) < 4.78 is 5.14. The quantitative estimate of drug-likeness (QED) is 0.860. The van der Waals surface area contributed by atoms with Gasteiger partial charge in [0.15, 0.2) is 0 Å². The maximum Gasteiger partial charge on any atom is 0.214 e. The van der Waals surface area contributed by atoms with Crippen LogP contribution < -0.4 is 10.1 Å². The van der Waals surface area contributed by atoms with Crippen LogP contribution in [0.3, 0.4) is 0 Å². The first-order chi connectivity index (χ1) is 8.35. The minimum atomic E-state index is 0.588. The molecule has 1 atom stereocenters. The number of ether oxygens (including phenoxy) is 1. The summed E-state index contributed by atoms with van der Waals surface area (Å²) in [6.45, 7) is 3.74. The fourth-order valence-electron chi connectivity index (χ4n) is 2.95. The van der Waals surface area contributed by atoms with Crippen molar-refractivity contribution in [3.63, 3.8) is 0 Å². The number of nitrogens with one attached hydrogen (secondary N) is 1. The van der Waals surface area contributed by atoms with Crippen LogP contribution in [0.15, 0.2) is 18.3 Å². The van der Waals surface area contributed by atoms with Gasteiger partial charge >= 0.3 is 0 Å². The van der Waals surface area contributed by atoms with Crippen molar-refractivity contribution in [3.05, 3.63) is 18.3 Å². The Morgan fingerprint density at radius 1 is 1.41 bits per heavy atom. The Bertz CT molecular complexity index is 388. The maximum absolute atomic E-state index is 5.14. The van der Waals surface area contributed by atoms with E-state index < -0.39 is 0 Å². The fourth-order valence-corrected chi connectivity index (χ4v) is 2.95. The lowest BCUT2D eigenvalue weighted by Gasteiger charge is -2.45. The standard InChI is InChI=1S/C13H19N3O/c1-17-13-8-11(2-5-14-13)15-12-9-16-6-3-10(12)4-7-16/h2,5,8,10,12H,3-4,6-7,9H2,1H3,(H,14,15). The molecular weight excluding hydrogens is 214 g/mol. The van der Waals surface area contributed by atoms with Crippen molar-refractivity contribution in [2.75, 3.05) is 32.1 Å². The van der Waals surface area contributed by atoms with Crippen molar-refractivity contribution < 1.29 is 4.74 Å². The second-order valence-electron chi connectivity index (χ2n) is 4.98. The molecule has 3 fully saturated rings. The number of fused-ring (bicyclic) bond motifs is 3. The Labute approximate surface area is 102 Å². The predicted molar refractivity (Wildman–Crippen MR) is 67.4 cm³/mol. The molecule has 3 aliphatic rings.